The number of likely N-dealkylation sites (tertiary alicyclic amines) is 1. The predicted molar refractivity (Wildman–Crippen MR) is 89.6 cm³/mol. The number of nitrogens with one attached hydrogen (secondary N) is 2. The van der Waals surface area contributed by atoms with Crippen molar-refractivity contribution in [2.45, 2.75) is 19.3 Å². The molecule has 0 spiro atoms. The van der Waals surface area contributed by atoms with E-state index < -0.39 is 5.91 Å². The van der Waals surface area contributed by atoms with E-state index in [2.05, 4.69) is 10.6 Å². The number of anilines is 1. The summed E-state index contributed by atoms with van der Waals surface area (Å²) in [6.45, 7) is 0.636. The highest BCUT2D eigenvalue weighted by molar-refractivity contribution is 6.06. The van der Waals surface area contributed by atoms with E-state index in [1.54, 1.807) is 31.4 Å². The van der Waals surface area contributed by atoms with Crippen molar-refractivity contribution in [1.82, 2.24) is 10.2 Å². The van der Waals surface area contributed by atoms with Gasteiger partial charge in [-0.3, -0.25) is 24.1 Å². The third kappa shape index (κ3) is 5.68. The smallest absolute Gasteiger partial charge is 0.244 e. The summed E-state index contributed by atoms with van der Waals surface area (Å²) >= 11 is 0. The minimum atomic E-state index is -0.436. The van der Waals surface area contributed by atoms with Crippen LogP contribution in [0.3, 0.4) is 0 Å². The Labute approximate surface area is 145 Å². The first-order valence-corrected chi connectivity index (χ1v) is 7.97. The van der Waals surface area contributed by atoms with Crippen LogP contribution in [-0.4, -0.2) is 55.3 Å². The number of ether oxygens (including phenoxy) is 1. The molecular formula is C17H21N3O5. The average molecular weight is 347 g/mol. The van der Waals surface area contributed by atoms with Gasteiger partial charge in [0.15, 0.2) is 0 Å². The topological polar surface area (TPSA) is 105 Å². The van der Waals surface area contributed by atoms with Crippen molar-refractivity contribution in [3.05, 3.63) is 29.8 Å². The maximum atomic E-state index is 11.9. The molecule has 1 heterocycles. The van der Waals surface area contributed by atoms with Gasteiger partial charge in [0.2, 0.25) is 23.6 Å². The second kappa shape index (κ2) is 8.93. The predicted octanol–water partition coefficient (Wildman–Crippen LogP) is 0.0792. The molecule has 4 amide bonds. The molecule has 8 heteroatoms. The summed E-state index contributed by atoms with van der Waals surface area (Å²) in [5.41, 5.74) is 1.34. The minimum Gasteiger partial charge on any atom is -0.383 e. The molecular weight excluding hydrogens is 326 g/mol. The first-order valence-electron chi connectivity index (χ1n) is 7.97. The molecule has 0 saturated carbocycles. The highest BCUT2D eigenvalue weighted by Crippen LogP contribution is 2.13. The van der Waals surface area contributed by atoms with E-state index in [1.807, 2.05) is 0 Å². The highest BCUT2D eigenvalue weighted by Gasteiger charge is 2.30. The summed E-state index contributed by atoms with van der Waals surface area (Å²) in [7, 11) is 1.56. The lowest BCUT2D eigenvalue weighted by atomic mass is 10.1. The molecule has 0 aliphatic carbocycles. The Morgan fingerprint density at radius 3 is 2.32 bits per heavy atom. The van der Waals surface area contributed by atoms with E-state index in [0.29, 0.717) is 18.8 Å². The third-order valence-electron chi connectivity index (χ3n) is 3.69. The Bertz CT molecular complexity index is 641. The van der Waals surface area contributed by atoms with Crippen molar-refractivity contribution < 1.29 is 23.9 Å². The number of benzene rings is 1. The van der Waals surface area contributed by atoms with Crippen LogP contribution in [0.2, 0.25) is 0 Å². The van der Waals surface area contributed by atoms with Crippen molar-refractivity contribution in [2.75, 3.05) is 32.1 Å². The number of imide groups is 1. The molecule has 0 aromatic heterocycles. The Hall–Kier alpha value is -2.74. The first kappa shape index (κ1) is 18.6. The summed E-state index contributed by atoms with van der Waals surface area (Å²) in [6.07, 6.45) is 0.551. The lowest BCUT2D eigenvalue weighted by Gasteiger charge is -2.13. The molecule has 134 valence electrons. The lowest BCUT2D eigenvalue weighted by Crippen LogP contribution is -2.36. The fourth-order valence-corrected chi connectivity index (χ4v) is 2.39. The van der Waals surface area contributed by atoms with Crippen LogP contribution in [0.5, 0.6) is 0 Å². The number of hydrogen-bond acceptors (Lipinski definition) is 5. The minimum absolute atomic E-state index is 0.111. The third-order valence-corrected chi connectivity index (χ3v) is 3.69. The summed E-state index contributed by atoms with van der Waals surface area (Å²) in [4.78, 5) is 47.6. The molecule has 2 N–H and O–H groups in total. The standard InChI is InChI=1S/C17H21N3O5/c1-25-9-8-18-14(21)10-12-2-4-13(5-3-12)19-15(22)11-20-16(23)6-7-17(20)24/h2-5H,6-11H2,1H3,(H,18,21)(H,19,22). The molecule has 2 rings (SSSR count). The Morgan fingerprint density at radius 1 is 1.08 bits per heavy atom. The van der Waals surface area contributed by atoms with Crippen LogP contribution >= 0.6 is 0 Å². The number of carbonyl (C=O) groups is 4. The van der Waals surface area contributed by atoms with Gasteiger partial charge >= 0.3 is 0 Å². The molecule has 1 aromatic rings. The van der Waals surface area contributed by atoms with Crippen LogP contribution in [0.25, 0.3) is 0 Å². The fraction of sp³-hybridized carbons (Fsp3) is 0.412. The maximum Gasteiger partial charge on any atom is 0.244 e. The van der Waals surface area contributed by atoms with Gasteiger partial charge in [0, 0.05) is 32.2 Å². The molecule has 0 atom stereocenters. The van der Waals surface area contributed by atoms with Crippen molar-refractivity contribution in [3.63, 3.8) is 0 Å². The molecule has 1 aromatic carbocycles. The van der Waals surface area contributed by atoms with Crippen LogP contribution < -0.4 is 10.6 Å². The van der Waals surface area contributed by atoms with Crippen molar-refractivity contribution in [1.29, 1.82) is 0 Å². The molecule has 1 saturated heterocycles. The second-order valence-corrected chi connectivity index (χ2v) is 5.64. The number of rotatable bonds is 8. The molecule has 0 unspecified atom stereocenters. The molecule has 0 radical (unpaired) electrons. The largest absolute Gasteiger partial charge is 0.383 e. The van der Waals surface area contributed by atoms with Crippen molar-refractivity contribution in [3.8, 4) is 0 Å². The molecule has 1 aliphatic rings. The molecule has 25 heavy (non-hydrogen) atoms. The van der Waals surface area contributed by atoms with Gasteiger partial charge in [-0.05, 0) is 17.7 Å². The molecule has 1 aliphatic heterocycles. The van der Waals surface area contributed by atoms with Gasteiger partial charge in [-0.25, -0.2) is 0 Å². The molecule has 0 bridgehead atoms. The lowest BCUT2D eigenvalue weighted by molar-refractivity contribution is -0.141. The normalized spacial score (nSPS) is 13.9. The summed E-state index contributed by atoms with van der Waals surface area (Å²) < 4.78 is 4.86. The Kier molecular flexibility index (Phi) is 6.64. The number of amides is 4. The van der Waals surface area contributed by atoms with Gasteiger partial charge in [0.1, 0.15) is 6.54 Å². The van der Waals surface area contributed by atoms with Gasteiger partial charge in [-0.15, -0.1) is 0 Å². The van der Waals surface area contributed by atoms with E-state index in [-0.39, 0.29) is 43.5 Å². The number of hydrogen-bond donors (Lipinski definition) is 2. The van der Waals surface area contributed by atoms with Gasteiger partial charge in [-0.2, -0.15) is 0 Å². The van der Waals surface area contributed by atoms with Crippen LogP contribution in [0.1, 0.15) is 18.4 Å². The van der Waals surface area contributed by atoms with E-state index in [4.69, 9.17) is 4.74 Å². The van der Waals surface area contributed by atoms with E-state index in [0.717, 1.165) is 10.5 Å². The second-order valence-electron chi connectivity index (χ2n) is 5.64. The maximum absolute atomic E-state index is 11.9. The van der Waals surface area contributed by atoms with E-state index in [1.165, 1.54) is 0 Å². The zero-order valence-corrected chi connectivity index (χ0v) is 14.0. The summed E-state index contributed by atoms with van der Waals surface area (Å²) in [5.74, 6) is -1.20. The van der Waals surface area contributed by atoms with Crippen LogP contribution in [0.4, 0.5) is 5.69 Å². The number of carbonyl (C=O) groups excluding carboxylic acids is 4. The van der Waals surface area contributed by atoms with Gasteiger partial charge < -0.3 is 15.4 Å². The number of nitrogens with zero attached hydrogens (tertiary/aromatic N) is 1. The van der Waals surface area contributed by atoms with Crippen molar-refractivity contribution >= 4 is 29.3 Å². The zero-order chi connectivity index (χ0) is 18.2. The van der Waals surface area contributed by atoms with Crippen LogP contribution in [0.15, 0.2) is 24.3 Å². The quantitative estimate of drug-likeness (QED) is 0.512. The van der Waals surface area contributed by atoms with Crippen LogP contribution in [0, 0.1) is 0 Å². The number of methoxy groups -OCH3 is 1. The average Bonchev–Trinajstić information content (AvgIpc) is 2.89. The summed E-state index contributed by atoms with van der Waals surface area (Å²) in [6, 6.07) is 6.81. The SMILES string of the molecule is COCCNC(=O)Cc1ccc(NC(=O)CN2C(=O)CCC2=O)cc1. The zero-order valence-electron chi connectivity index (χ0n) is 14.0. The fourth-order valence-electron chi connectivity index (χ4n) is 2.39. The Balaban J connectivity index is 1.81. The Morgan fingerprint density at radius 2 is 1.72 bits per heavy atom. The van der Waals surface area contributed by atoms with Crippen molar-refractivity contribution in [2.24, 2.45) is 0 Å². The highest BCUT2D eigenvalue weighted by atomic mass is 16.5. The van der Waals surface area contributed by atoms with Gasteiger partial charge in [0.25, 0.3) is 0 Å². The molecule has 1 fully saturated rings. The first-order chi connectivity index (χ1) is 12.0. The van der Waals surface area contributed by atoms with Gasteiger partial charge in [-0.1, -0.05) is 12.1 Å². The van der Waals surface area contributed by atoms with Crippen LogP contribution in [-0.2, 0) is 30.3 Å². The van der Waals surface area contributed by atoms with Gasteiger partial charge in [0.05, 0.1) is 13.0 Å². The van der Waals surface area contributed by atoms with E-state index >= 15 is 0 Å². The molecule has 8 nitrogen and oxygen atoms in total. The van der Waals surface area contributed by atoms with E-state index in [9.17, 15) is 19.2 Å². The summed E-state index contributed by atoms with van der Waals surface area (Å²) in [5, 5.41) is 5.35. The monoisotopic (exact) mass is 347 g/mol.